The van der Waals surface area contributed by atoms with Crippen molar-refractivity contribution in [2.24, 2.45) is 0 Å². The van der Waals surface area contributed by atoms with Gasteiger partial charge in [-0.25, -0.2) is 0 Å². The van der Waals surface area contributed by atoms with Gasteiger partial charge in [-0.3, -0.25) is 14.5 Å². The molecule has 114 valence electrons. The molecule has 2 aromatic heterocycles. The Morgan fingerprint density at radius 2 is 1.78 bits per heavy atom. The first-order valence-corrected chi connectivity index (χ1v) is 7.93. The number of aromatic nitrogens is 2. The topological polar surface area (TPSA) is 76.3 Å². The highest BCUT2D eigenvalue weighted by Gasteiger charge is 2.34. The average molecular weight is 325 g/mol. The van der Waals surface area contributed by atoms with E-state index in [4.69, 9.17) is 4.52 Å². The van der Waals surface area contributed by atoms with Crippen LogP contribution in [0.4, 0.5) is 0 Å². The number of benzene rings is 1. The van der Waals surface area contributed by atoms with Gasteiger partial charge in [0.2, 0.25) is 11.7 Å². The summed E-state index contributed by atoms with van der Waals surface area (Å²) < 4.78 is 5.19. The van der Waals surface area contributed by atoms with E-state index in [2.05, 4.69) is 10.1 Å². The molecule has 0 fully saturated rings. The molecule has 7 heteroatoms. The lowest BCUT2D eigenvalue weighted by Crippen LogP contribution is -2.31. The number of carbonyl (C=O) groups is 2. The molecule has 4 rings (SSSR count). The minimum Gasteiger partial charge on any atom is -0.339 e. The van der Waals surface area contributed by atoms with E-state index in [1.807, 2.05) is 17.5 Å². The number of amides is 2. The highest BCUT2D eigenvalue weighted by Crippen LogP contribution is 2.24. The predicted octanol–water partition coefficient (Wildman–Crippen LogP) is 2.64. The van der Waals surface area contributed by atoms with Crippen LogP contribution in [0.5, 0.6) is 0 Å². The zero-order valence-electron chi connectivity index (χ0n) is 11.9. The molecule has 0 bridgehead atoms. The molecule has 1 aromatic carbocycles. The molecule has 6 nitrogen and oxygen atoms in total. The van der Waals surface area contributed by atoms with Gasteiger partial charge in [-0.05, 0) is 23.6 Å². The second-order valence-electron chi connectivity index (χ2n) is 5.05. The number of thiophene rings is 1. The predicted molar refractivity (Wildman–Crippen MR) is 83.1 cm³/mol. The third kappa shape index (κ3) is 2.35. The molecule has 0 spiro atoms. The Kier molecular flexibility index (Phi) is 3.27. The van der Waals surface area contributed by atoms with Gasteiger partial charge in [0.1, 0.15) is 0 Å². The SMILES string of the molecule is O=C1c2ccccc2C(=O)N1CCc1nc(-c2cccs2)no1. The van der Waals surface area contributed by atoms with Crippen molar-refractivity contribution in [2.45, 2.75) is 6.42 Å². The van der Waals surface area contributed by atoms with Crippen molar-refractivity contribution in [1.82, 2.24) is 15.0 Å². The van der Waals surface area contributed by atoms with Crippen LogP contribution in [0.3, 0.4) is 0 Å². The van der Waals surface area contributed by atoms with E-state index in [0.29, 0.717) is 29.3 Å². The lowest BCUT2D eigenvalue weighted by molar-refractivity contribution is 0.0653. The molecule has 1 aliphatic rings. The first-order chi connectivity index (χ1) is 11.2. The number of imide groups is 1. The van der Waals surface area contributed by atoms with Crippen LogP contribution in [0.25, 0.3) is 10.7 Å². The van der Waals surface area contributed by atoms with E-state index < -0.39 is 0 Å². The fourth-order valence-electron chi connectivity index (χ4n) is 2.51. The van der Waals surface area contributed by atoms with Crippen molar-refractivity contribution in [3.63, 3.8) is 0 Å². The number of fused-ring (bicyclic) bond motifs is 1. The standard InChI is InChI=1S/C16H11N3O3S/c20-15-10-4-1-2-5-11(10)16(21)19(15)8-7-13-17-14(18-22-13)12-6-3-9-23-12/h1-6,9H,7-8H2. The van der Waals surface area contributed by atoms with Crippen molar-refractivity contribution in [3.05, 3.63) is 58.8 Å². The Morgan fingerprint density at radius 3 is 2.43 bits per heavy atom. The van der Waals surface area contributed by atoms with E-state index in [1.54, 1.807) is 24.3 Å². The molecule has 0 saturated heterocycles. The van der Waals surface area contributed by atoms with Gasteiger partial charge in [-0.15, -0.1) is 11.3 Å². The third-order valence-electron chi connectivity index (χ3n) is 3.64. The Morgan fingerprint density at radius 1 is 1.04 bits per heavy atom. The molecule has 1 aliphatic heterocycles. The average Bonchev–Trinajstić information content (AvgIpc) is 3.29. The van der Waals surface area contributed by atoms with Gasteiger partial charge < -0.3 is 4.52 Å². The third-order valence-corrected chi connectivity index (χ3v) is 4.50. The Labute approximate surface area is 135 Å². The Hall–Kier alpha value is -2.80. The zero-order chi connectivity index (χ0) is 15.8. The van der Waals surface area contributed by atoms with Crippen LogP contribution in [0.15, 0.2) is 46.3 Å². The van der Waals surface area contributed by atoms with Crippen LogP contribution in [0, 0.1) is 0 Å². The maximum Gasteiger partial charge on any atom is 0.261 e. The normalized spacial score (nSPS) is 13.7. The van der Waals surface area contributed by atoms with Crippen molar-refractivity contribution < 1.29 is 14.1 Å². The molecule has 0 N–H and O–H groups in total. The van der Waals surface area contributed by atoms with E-state index in [-0.39, 0.29) is 18.4 Å². The minimum absolute atomic E-state index is 0.221. The van der Waals surface area contributed by atoms with Gasteiger partial charge in [0.25, 0.3) is 11.8 Å². The van der Waals surface area contributed by atoms with Crippen molar-refractivity contribution in [3.8, 4) is 10.7 Å². The molecule has 0 atom stereocenters. The maximum absolute atomic E-state index is 12.3. The number of rotatable bonds is 4. The van der Waals surface area contributed by atoms with E-state index in [1.165, 1.54) is 16.2 Å². The van der Waals surface area contributed by atoms with Gasteiger partial charge in [-0.2, -0.15) is 4.98 Å². The summed E-state index contributed by atoms with van der Waals surface area (Å²) >= 11 is 1.52. The van der Waals surface area contributed by atoms with Gasteiger partial charge in [0.05, 0.1) is 16.0 Å². The van der Waals surface area contributed by atoms with E-state index in [0.717, 1.165) is 4.88 Å². The molecule has 0 radical (unpaired) electrons. The maximum atomic E-state index is 12.3. The summed E-state index contributed by atoms with van der Waals surface area (Å²) in [5.41, 5.74) is 0.893. The molecule has 3 aromatic rings. The summed E-state index contributed by atoms with van der Waals surface area (Å²) in [6.45, 7) is 0.221. The first kappa shape index (κ1) is 13.8. The summed E-state index contributed by atoms with van der Waals surface area (Å²) in [5.74, 6) is 0.384. The van der Waals surface area contributed by atoms with Crippen LogP contribution in [0.2, 0.25) is 0 Å². The molecular formula is C16H11N3O3S. The van der Waals surface area contributed by atoms with E-state index >= 15 is 0 Å². The molecule has 23 heavy (non-hydrogen) atoms. The van der Waals surface area contributed by atoms with Crippen molar-refractivity contribution in [2.75, 3.05) is 6.54 Å². The van der Waals surface area contributed by atoms with Crippen LogP contribution >= 0.6 is 11.3 Å². The molecule has 0 unspecified atom stereocenters. The van der Waals surface area contributed by atoms with Gasteiger partial charge in [0, 0.05) is 13.0 Å². The van der Waals surface area contributed by atoms with Gasteiger partial charge in [0.15, 0.2) is 0 Å². The van der Waals surface area contributed by atoms with Gasteiger partial charge >= 0.3 is 0 Å². The number of nitrogens with zero attached hydrogens (tertiary/aromatic N) is 3. The highest BCUT2D eigenvalue weighted by molar-refractivity contribution is 7.13. The van der Waals surface area contributed by atoms with Crippen molar-refractivity contribution >= 4 is 23.2 Å². The van der Waals surface area contributed by atoms with Gasteiger partial charge in [-0.1, -0.05) is 23.4 Å². The lowest BCUT2D eigenvalue weighted by Gasteiger charge is -2.11. The summed E-state index contributed by atoms with van der Waals surface area (Å²) in [5, 5.41) is 5.85. The monoisotopic (exact) mass is 325 g/mol. The smallest absolute Gasteiger partial charge is 0.261 e. The molecule has 0 aliphatic carbocycles. The molecule has 2 amide bonds. The second kappa shape index (κ2) is 5.44. The second-order valence-corrected chi connectivity index (χ2v) is 5.99. The Bertz CT molecular complexity index is 851. The van der Waals surface area contributed by atoms with E-state index in [9.17, 15) is 9.59 Å². The minimum atomic E-state index is -0.274. The van der Waals surface area contributed by atoms with Crippen molar-refractivity contribution in [1.29, 1.82) is 0 Å². The number of carbonyl (C=O) groups excluding carboxylic acids is 2. The molecular weight excluding hydrogens is 314 g/mol. The molecule has 3 heterocycles. The molecule has 0 saturated carbocycles. The summed E-state index contributed by atoms with van der Waals surface area (Å²) in [6.07, 6.45) is 0.337. The summed E-state index contributed by atoms with van der Waals surface area (Å²) in [7, 11) is 0. The first-order valence-electron chi connectivity index (χ1n) is 7.06. The zero-order valence-corrected chi connectivity index (χ0v) is 12.7. The Balaban J connectivity index is 1.48. The van der Waals surface area contributed by atoms with Crippen LogP contribution in [0.1, 0.15) is 26.6 Å². The highest BCUT2D eigenvalue weighted by atomic mass is 32.1. The van der Waals surface area contributed by atoms with Crippen LogP contribution < -0.4 is 0 Å². The fourth-order valence-corrected chi connectivity index (χ4v) is 3.16. The summed E-state index contributed by atoms with van der Waals surface area (Å²) in [6, 6.07) is 10.6. The lowest BCUT2D eigenvalue weighted by atomic mass is 10.1. The largest absolute Gasteiger partial charge is 0.339 e. The van der Waals surface area contributed by atoms with Crippen LogP contribution in [-0.4, -0.2) is 33.4 Å². The number of hydrogen-bond donors (Lipinski definition) is 0. The van der Waals surface area contributed by atoms with Crippen LogP contribution in [-0.2, 0) is 6.42 Å². The summed E-state index contributed by atoms with van der Waals surface area (Å²) in [4.78, 5) is 31.0. The fraction of sp³-hybridized carbons (Fsp3) is 0.125. The number of hydrogen-bond acceptors (Lipinski definition) is 6. The quantitative estimate of drug-likeness (QED) is 0.689.